The fourth-order valence-corrected chi connectivity index (χ4v) is 3.38. The summed E-state index contributed by atoms with van der Waals surface area (Å²) < 4.78 is 5.52. The molecule has 2 rings (SSSR count). The molecule has 2 aliphatic heterocycles. The maximum atomic E-state index is 11.5. The zero-order chi connectivity index (χ0) is 13.0. The molecule has 0 bridgehead atoms. The molecular weight excluding hydrogens is 230 g/mol. The van der Waals surface area contributed by atoms with Gasteiger partial charge in [0.05, 0.1) is 12.0 Å². The number of hydrogen-bond donors (Lipinski definition) is 1. The minimum Gasteiger partial charge on any atom is -0.481 e. The van der Waals surface area contributed by atoms with Gasteiger partial charge in [-0.05, 0) is 45.2 Å². The van der Waals surface area contributed by atoms with E-state index in [2.05, 4.69) is 11.8 Å². The van der Waals surface area contributed by atoms with Crippen molar-refractivity contribution in [2.24, 2.45) is 5.41 Å². The highest BCUT2D eigenvalue weighted by Gasteiger charge is 2.41. The molecule has 0 aliphatic carbocycles. The van der Waals surface area contributed by atoms with Crippen molar-refractivity contribution in [1.29, 1.82) is 0 Å². The Bertz CT molecular complexity index is 279. The summed E-state index contributed by atoms with van der Waals surface area (Å²) in [6.45, 7) is 5.62. The first kappa shape index (κ1) is 13.8. The molecule has 0 saturated carbocycles. The second-order valence-corrected chi connectivity index (χ2v) is 5.74. The van der Waals surface area contributed by atoms with Crippen LogP contribution in [-0.4, -0.2) is 48.3 Å². The molecule has 18 heavy (non-hydrogen) atoms. The van der Waals surface area contributed by atoms with Crippen LogP contribution in [-0.2, 0) is 9.53 Å². The number of piperidine rings is 1. The first-order chi connectivity index (χ1) is 8.68. The Kier molecular flexibility index (Phi) is 4.62. The van der Waals surface area contributed by atoms with Crippen molar-refractivity contribution < 1.29 is 14.6 Å². The predicted molar refractivity (Wildman–Crippen MR) is 69.6 cm³/mol. The Morgan fingerprint density at radius 3 is 2.67 bits per heavy atom. The number of nitrogens with zero attached hydrogens (tertiary/aromatic N) is 1. The summed E-state index contributed by atoms with van der Waals surface area (Å²) in [5, 5.41) is 9.47. The van der Waals surface area contributed by atoms with E-state index in [1.165, 1.54) is 6.42 Å². The highest BCUT2D eigenvalue weighted by Crippen LogP contribution is 2.37. The predicted octanol–water partition coefficient (Wildman–Crippen LogP) is 2.13. The summed E-state index contributed by atoms with van der Waals surface area (Å²) in [5.74, 6) is -0.594. The number of carbonyl (C=O) groups is 1. The summed E-state index contributed by atoms with van der Waals surface area (Å²) in [6, 6.07) is 0.521. The van der Waals surface area contributed by atoms with E-state index >= 15 is 0 Å². The van der Waals surface area contributed by atoms with E-state index in [1.54, 1.807) is 0 Å². The van der Waals surface area contributed by atoms with Crippen LogP contribution in [0.1, 0.15) is 45.4 Å². The van der Waals surface area contributed by atoms with E-state index in [9.17, 15) is 9.90 Å². The summed E-state index contributed by atoms with van der Waals surface area (Å²) >= 11 is 0. The second-order valence-electron chi connectivity index (χ2n) is 5.74. The first-order valence-electron chi connectivity index (χ1n) is 7.23. The van der Waals surface area contributed by atoms with E-state index < -0.39 is 11.4 Å². The lowest BCUT2D eigenvalue weighted by molar-refractivity contribution is -0.153. The number of likely N-dealkylation sites (tertiary alicyclic amines) is 1. The minimum absolute atomic E-state index is 0.458. The van der Waals surface area contributed by atoms with E-state index in [-0.39, 0.29) is 0 Å². The van der Waals surface area contributed by atoms with E-state index in [0.717, 1.165) is 58.4 Å². The van der Waals surface area contributed by atoms with Crippen LogP contribution >= 0.6 is 0 Å². The standard InChI is InChI=1S/C14H25NO3/c1-2-5-14(13(16)17)6-8-15(9-7-14)12-4-3-10-18-11-12/h12H,2-11H2,1H3,(H,16,17)/t12-/m0/s1. The van der Waals surface area contributed by atoms with E-state index in [0.29, 0.717) is 6.04 Å². The Balaban J connectivity index is 1.91. The molecule has 0 aromatic carbocycles. The van der Waals surface area contributed by atoms with Gasteiger partial charge in [-0.25, -0.2) is 0 Å². The monoisotopic (exact) mass is 255 g/mol. The van der Waals surface area contributed by atoms with E-state index in [1.807, 2.05) is 0 Å². The Morgan fingerprint density at radius 2 is 2.17 bits per heavy atom. The van der Waals surface area contributed by atoms with Gasteiger partial charge in [-0.2, -0.15) is 0 Å². The zero-order valence-corrected chi connectivity index (χ0v) is 11.4. The molecule has 104 valence electrons. The van der Waals surface area contributed by atoms with Crippen LogP contribution in [0.3, 0.4) is 0 Å². The molecule has 2 aliphatic rings. The van der Waals surface area contributed by atoms with Crippen molar-refractivity contribution in [3.05, 3.63) is 0 Å². The Labute approximate surface area is 109 Å². The Hall–Kier alpha value is -0.610. The second kappa shape index (κ2) is 6.02. The highest BCUT2D eigenvalue weighted by atomic mass is 16.5. The van der Waals surface area contributed by atoms with Crippen LogP contribution in [0.5, 0.6) is 0 Å². The van der Waals surface area contributed by atoms with Crippen molar-refractivity contribution in [3.8, 4) is 0 Å². The molecule has 0 unspecified atom stereocenters. The molecule has 2 saturated heterocycles. The van der Waals surface area contributed by atoms with Gasteiger partial charge in [-0.15, -0.1) is 0 Å². The molecular formula is C14H25NO3. The quantitative estimate of drug-likeness (QED) is 0.836. The summed E-state index contributed by atoms with van der Waals surface area (Å²) in [5.41, 5.74) is -0.458. The maximum absolute atomic E-state index is 11.5. The molecule has 0 spiro atoms. The van der Waals surface area contributed by atoms with Crippen LogP contribution in [0.4, 0.5) is 0 Å². The largest absolute Gasteiger partial charge is 0.481 e. The van der Waals surface area contributed by atoms with Gasteiger partial charge in [0.15, 0.2) is 0 Å². The first-order valence-corrected chi connectivity index (χ1v) is 7.23. The van der Waals surface area contributed by atoms with Crippen molar-refractivity contribution in [2.75, 3.05) is 26.3 Å². The molecule has 0 aromatic rings. The third kappa shape index (κ3) is 2.86. The Morgan fingerprint density at radius 1 is 1.44 bits per heavy atom. The molecule has 0 radical (unpaired) electrons. The average molecular weight is 255 g/mol. The van der Waals surface area contributed by atoms with Crippen molar-refractivity contribution in [3.63, 3.8) is 0 Å². The van der Waals surface area contributed by atoms with Gasteiger partial charge in [0.25, 0.3) is 0 Å². The normalized spacial score (nSPS) is 29.1. The van der Waals surface area contributed by atoms with Gasteiger partial charge in [0.1, 0.15) is 0 Å². The maximum Gasteiger partial charge on any atom is 0.309 e. The summed E-state index contributed by atoms with van der Waals surface area (Å²) in [7, 11) is 0. The zero-order valence-electron chi connectivity index (χ0n) is 11.4. The third-order valence-corrected chi connectivity index (χ3v) is 4.59. The number of ether oxygens (including phenoxy) is 1. The van der Waals surface area contributed by atoms with Crippen LogP contribution in [0.15, 0.2) is 0 Å². The number of carboxylic acids is 1. The van der Waals surface area contributed by atoms with Crippen LogP contribution in [0, 0.1) is 5.41 Å². The molecule has 2 fully saturated rings. The van der Waals surface area contributed by atoms with Crippen LogP contribution in [0.25, 0.3) is 0 Å². The van der Waals surface area contributed by atoms with Gasteiger partial charge in [-0.3, -0.25) is 9.69 Å². The molecule has 1 atom stereocenters. The number of carboxylic acid groups (broad SMARTS) is 1. The van der Waals surface area contributed by atoms with Gasteiger partial charge in [0, 0.05) is 12.6 Å². The lowest BCUT2D eigenvalue weighted by Crippen LogP contribution is -2.50. The lowest BCUT2D eigenvalue weighted by Gasteiger charge is -2.43. The lowest BCUT2D eigenvalue weighted by atomic mass is 9.74. The number of aliphatic carboxylic acids is 1. The summed E-state index contributed by atoms with van der Waals surface area (Å²) in [6.07, 6.45) is 5.71. The van der Waals surface area contributed by atoms with Gasteiger partial charge < -0.3 is 9.84 Å². The minimum atomic E-state index is -0.594. The van der Waals surface area contributed by atoms with Gasteiger partial charge >= 0.3 is 5.97 Å². The van der Waals surface area contributed by atoms with Crippen molar-refractivity contribution in [1.82, 2.24) is 4.90 Å². The van der Waals surface area contributed by atoms with Gasteiger partial charge in [0.2, 0.25) is 0 Å². The molecule has 0 aromatic heterocycles. The van der Waals surface area contributed by atoms with Crippen molar-refractivity contribution >= 4 is 5.97 Å². The fourth-order valence-electron chi connectivity index (χ4n) is 3.38. The van der Waals surface area contributed by atoms with Crippen molar-refractivity contribution in [2.45, 2.75) is 51.5 Å². The SMILES string of the molecule is CCCC1(C(=O)O)CCN([C@H]2CCCOC2)CC1. The van der Waals surface area contributed by atoms with E-state index in [4.69, 9.17) is 4.74 Å². The highest BCUT2D eigenvalue weighted by molar-refractivity contribution is 5.74. The molecule has 1 N–H and O–H groups in total. The molecule has 4 heteroatoms. The van der Waals surface area contributed by atoms with Crippen LogP contribution in [0.2, 0.25) is 0 Å². The topological polar surface area (TPSA) is 49.8 Å². The number of rotatable bonds is 4. The molecule has 0 amide bonds. The molecule has 2 heterocycles. The fraction of sp³-hybridized carbons (Fsp3) is 0.929. The summed E-state index contributed by atoms with van der Waals surface area (Å²) in [4.78, 5) is 13.9. The van der Waals surface area contributed by atoms with Crippen LogP contribution < -0.4 is 0 Å². The molecule has 4 nitrogen and oxygen atoms in total. The number of hydrogen-bond acceptors (Lipinski definition) is 3. The van der Waals surface area contributed by atoms with Gasteiger partial charge in [-0.1, -0.05) is 13.3 Å². The average Bonchev–Trinajstić information content (AvgIpc) is 2.41. The third-order valence-electron chi connectivity index (χ3n) is 4.59. The smallest absolute Gasteiger partial charge is 0.309 e.